The molecule has 9 heteroatoms. The molecule has 0 saturated carbocycles. The van der Waals surface area contributed by atoms with Gasteiger partial charge in [-0.3, -0.25) is 0 Å². The molecule has 4 aromatic rings. The van der Waals surface area contributed by atoms with E-state index in [4.69, 9.17) is 10.3 Å². The first kappa shape index (κ1) is 16.4. The van der Waals surface area contributed by atoms with Crippen LogP contribution in [0.3, 0.4) is 0 Å². The molecular weight excluding hydrogens is 350 g/mol. The van der Waals surface area contributed by atoms with Crippen LogP contribution in [0.1, 0.15) is 17.1 Å². The van der Waals surface area contributed by atoms with E-state index in [-0.39, 0.29) is 0 Å². The predicted molar refractivity (Wildman–Crippen MR) is 98.3 cm³/mol. The molecule has 0 aliphatic heterocycles. The number of nitrogens with zero attached hydrogens (tertiary/aromatic N) is 6. The lowest BCUT2D eigenvalue weighted by molar-refractivity contribution is 0.573. The van der Waals surface area contributed by atoms with Crippen LogP contribution in [0.2, 0.25) is 0 Å². The summed E-state index contributed by atoms with van der Waals surface area (Å²) in [6.45, 7) is 3.87. The Labute approximate surface area is 154 Å². The van der Waals surface area contributed by atoms with Crippen LogP contribution in [-0.2, 0) is 5.75 Å². The molecule has 132 valence electrons. The Kier molecular flexibility index (Phi) is 4.21. The van der Waals surface area contributed by atoms with Gasteiger partial charge in [0.25, 0.3) is 5.95 Å². The van der Waals surface area contributed by atoms with Crippen LogP contribution < -0.4 is 5.84 Å². The lowest BCUT2D eigenvalue weighted by Crippen LogP contribution is -2.17. The van der Waals surface area contributed by atoms with Crippen LogP contribution in [0.4, 0.5) is 0 Å². The van der Waals surface area contributed by atoms with Crippen molar-refractivity contribution in [3.63, 3.8) is 0 Å². The summed E-state index contributed by atoms with van der Waals surface area (Å²) in [5.41, 5.74) is 3.60. The molecule has 0 aliphatic carbocycles. The van der Waals surface area contributed by atoms with Crippen molar-refractivity contribution in [1.82, 2.24) is 29.6 Å². The van der Waals surface area contributed by atoms with E-state index in [0.717, 1.165) is 22.6 Å². The van der Waals surface area contributed by atoms with Crippen LogP contribution in [0.15, 0.2) is 52.2 Å². The highest BCUT2D eigenvalue weighted by molar-refractivity contribution is 7.98. The van der Waals surface area contributed by atoms with Crippen molar-refractivity contribution in [1.29, 1.82) is 0 Å². The van der Waals surface area contributed by atoms with Crippen molar-refractivity contribution >= 4 is 11.8 Å². The van der Waals surface area contributed by atoms with Gasteiger partial charge in [0.15, 0.2) is 0 Å². The second-order valence-electron chi connectivity index (χ2n) is 5.79. The zero-order valence-corrected chi connectivity index (χ0v) is 15.1. The first-order valence-corrected chi connectivity index (χ1v) is 8.97. The molecule has 26 heavy (non-hydrogen) atoms. The first-order valence-electron chi connectivity index (χ1n) is 7.98. The summed E-state index contributed by atoms with van der Waals surface area (Å²) < 4.78 is 8.66. The average molecular weight is 367 g/mol. The summed E-state index contributed by atoms with van der Waals surface area (Å²) >= 11 is 1.44. The number of rotatable bonds is 5. The molecular formula is C17H17N7OS. The van der Waals surface area contributed by atoms with Crippen molar-refractivity contribution in [2.24, 2.45) is 0 Å². The number of nitrogens with two attached hydrogens (primary N) is 1. The average Bonchev–Trinajstić information content (AvgIpc) is 3.33. The summed E-state index contributed by atoms with van der Waals surface area (Å²) in [7, 11) is 0. The topological polar surface area (TPSA) is 101 Å². The minimum Gasteiger partial charge on any atom is -0.444 e. The molecule has 0 radical (unpaired) electrons. The first-order chi connectivity index (χ1) is 12.6. The van der Waals surface area contributed by atoms with Gasteiger partial charge in [-0.1, -0.05) is 30.0 Å². The van der Waals surface area contributed by atoms with Gasteiger partial charge >= 0.3 is 0 Å². The van der Waals surface area contributed by atoms with Crippen molar-refractivity contribution in [3.05, 3.63) is 59.7 Å². The highest BCUT2D eigenvalue weighted by atomic mass is 32.2. The number of hydrogen-bond donors (Lipinski definition) is 1. The lowest BCUT2D eigenvalue weighted by atomic mass is 10.2. The van der Waals surface area contributed by atoms with Gasteiger partial charge < -0.3 is 10.3 Å². The summed E-state index contributed by atoms with van der Waals surface area (Å²) in [6, 6.07) is 11.7. The third-order valence-electron chi connectivity index (χ3n) is 3.77. The molecule has 0 amide bonds. The van der Waals surface area contributed by atoms with Crippen molar-refractivity contribution in [2.75, 3.05) is 5.84 Å². The monoisotopic (exact) mass is 367 g/mol. The Morgan fingerprint density at radius 3 is 2.69 bits per heavy atom. The van der Waals surface area contributed by atoms with E-state index in [2.05, 4.69) is 20.3 Å². The van der Waals surface area contributed by atoms with Gasteiger partial charge in [-0.05, 0) is 32.0 Å². The molecule has 0 aliphatic rings. The fourth-order valence-electron chi connectivity index (χ4n) is 2.57. The van der Waals surface area contributed by atoms with Gasteiger partial charge in [0.2, 0.25) is 11.0 Å². The number of aromatic nitrogens is 6. The molecule has 8 nitrogen and oxygen atoms in total. The van der Waals surface area contributed by atoms with Crippen LogP contribution >= 0.6 is 11.8 Å². The minimum atomic E-state index is 0.475. The molecule has 0 unspecified atom stereocenters. The third kappa shape index (κ3) is 3.08. The number of benzene rings is 1. The van der Waals surface area contributed by atoms with Gasteiger partial charge in [-0.2, -0.15) is 5.10 Å². The number of hydrogen-bond acceptors (Lipinski definition) is 7. The Balaban J connectivity index is 1.49. The van der Waals surface area contributed by atoms with Crippen LogP contribution in [0.25, 0.3) is 17.4 Å². The Morgan fingerprint density at radius 2 is 1.96 bits per heavy atom. The fourth-order valence-corrected chi connectivity index (χ4v) is 3.30. The Bertz CT molecular complexity index is 1030. The Hall–Kier alpha value is -3.07. The highest BCUT2D eigenvalue weighted by Crippen LogP contribution is 2.24. The molecule has 0 fully saturated rings. The number of aryl methyl sites for hydroxylation is 2. The number of thioether (sulfide) groups is 1. The quantitative estimate of drug-likeness (QED) is 0.427. The van der Waals surface area contributed by atoms with E-state index in [1.165, 1.54) is 16.4 Å². The SMILES string of the molecule is Cc1cc(C)n(-c2nnc(SCc3coc(-c4ccccc4)n3)n2N)n1. The van der Waals surface area contributed by atoms with E-state index in [1.807, 2.05) is 50.2 Å². The molecule has 3 aromatic heterocycles. The summed E-state index contributed by atoms with van der Waals surface area (Å²) in [4.78, 5) is 4.50. The molecule has 4 rings (SSSR count). The molecule has 2 N–H and O–H groups in total. The molecule has 3 heterocycles. The summed E-state index contributed by atoms with van der Waals surface area (Å²) in [5, 5.41) is 13.3. The van der Waals surface area contributed by atoms with Gasteiger partial charge in [0.05, 0.1) is 11.4 Å². The maximum atomic E-state index is 6.14. The van der Waals surface area contributed by atoms with Gasteiger partial charge in [-0.15, -0.1) is 10.2 Å². The largest absolute Gasteiger partial charge is 0.444 e. The molecule has 0 spiro atoms. The van der Waals surface area contributed by atoms with Crippen LogP contribution in [0, 0.1) is 13.8 Å². The fraction of sp³-hybridized carbons (Fsp3) is 0.176. The maximum Gasteiger partial charge on any atom is 0.271 e. The predicted octanol–water partition coefficient (Wildman–Crippen LogP) is 2.74. The molecule has 0 saturated heterocycles. The Morgan fingerprint density at radius 1 is 1.15 bits per heavy atom. The van der Waals surface area contributed by atoms with Crippen LogP contribution in [0.5, 0.6) is 0 Å². The van der Waals surface area contributed by atoms with E-state index in [0.29, 0.717) is 22.7 Å². The second kappa shape index (κ2) is 6.68. The highest BCUT2D eigenvalue weighted by Gasteiger charge is 2.16. The summed E-state index contributed by atoms with van der Waals surface area (Å²) in [5.74, 6) is 7.78. The molecule has 1 aromatic carbocycles. The van der Waals surface area contributed by atoms with Gasteiger partial charge in [-0.25, -0.2) is 14.3 Å². The van der Waals surface area contributed by atoms with E-state index >= 15 is 0 Å². The maximum absolute atomic E-state index is 6.14. The van der Waals surface area contributed by atoms with Gasteiger partial charge in [0, 0.05) is 17.0 Å². The van der Waals surface area contributed by atoms with E-state index in [1.54, 1.807) is 10.9 Å². The third-order valence-corrected chi connectivity index (χ3v) is 4.74. The van der Waals surface area contributed by atoms with Crippen molar-refractivity contribution in [3.8, 4) is 17.4 Å². The van der Waals surface area contributed by atoms with Crippen molar-refractivity contribution in [2.45, 2.75) is 24.8 Å². The summed E-state index contributed by atoms with van der Waals surface area (Å²) in [6.07, 6.45) is 1.65. The van der Waals surface area contributed by atoms with Crippen molar-refractivity contribution < 1.29 is 4.42 Å². The standard InChI is InChI=1S/C17H17N7OS/c1-11-8-12(2)24(22-11)16-20-21-17(23(16)18)26-10-14-9-25-15(19-14)13-6-4-3-5-7-13/h3-9H,10,18H2,1-2H3. The number of nitrogen functional groups attached to an aromatic ring is 1. The normalized spacial score (nSPS) is 11.2. The van der Waals surface area contributed by atoms with E-state index in [9.17, 15) is 0 Å². The smallest absolute Gasteiger partial charge is 0.271 e. The number of oxazole rings is 1. The minimum absolute atomic E-state index is 0.475. The van der Waals surface area contributed by atoms with Gasteiger partial charge in [0.1, 0.15) is 6.26 Å². The molecule has 0 bridgehead atoms. The van der Waals surface area contributed by atoms with E-state index < -0.39 is 0 Å². The van der Waals surface area contributed by atoms with Crippen LogP contribution in [-0.4, -0.2) is 29.6 Å². The molecule has 0 atom stereocenters. The zero-order chi connectivity index (χ0) is 18.1. The zero-order valence-electron chi connectivity index (χ0n) is 14.3. The lowest BCUT2D eigenvalue weighted by Gasteiger charge is -2.04. The second-order valence-corrected chi connectivity index (χ2v) is 6.73.